The Balaban J connectivity index is 0.000000143. The molecule has 2 aliphatic rings. The molecule has 2 saturated heterocycles. The standard InChI is InChI=1S/C26H22ClN5.C25H21ClN6/c27-23-14-18(9-10-25(23)31-12-2-1-3-13-31)19-15-29-26-22(16-30-32(26)17-19)20-6-4-8-24-21(20)7-5-11-28-24;26-22-13-17(6-7-24(22)31-11-9-27-10-12-31)18-14-29-25-21(15-30-32(25)16-18)19-3-1-5-23-20(19)4-2-8-28-23/h4-11,14-17H,1-3,12-13H2;1-8,13-16,27H,9-12H2. The van der Waals surface area contributed by atoms with Gasteiger partial charge in [-0.25, -0.2) is 19.0 Å². The summed E-state index contributed by atoms with van der Waals surface area (Å²) in [4.78, 5) is 23.2. The van der Waals surface area contributed by atoms with E-state index in [1.165, 1.54) is 19.3 Å². The maximum atomic E-state index is 6.68. The van der Waals surface area contributed by atoms with Gasteiger partial charge in [-0.3, -0.25) is 9.97 Å². The van der Waals surface area contributed by atoms with Crippen molar-refractivity contribution in [2.75, 3.05) is 49.1 Å². The van der Waals surface area contributed by atoms with Crippen molar-refractivity contribution in [1.29, 1.82) is 0 Å². The Kier molecular flexibility index (Phi) is 10.8. The highest BCUT2D eigenvalue weighted by atomic mass is 35.5. The molecule has 64 heavy (non-hydrogen) atoms. The smallest absolute Gasteiger partial charge is 0.162 e. The number of fused-ring (bicyclic) bond motifs is 4. The Morgan fingerprint density at radius 3 is 1.45 bits per heavy atom. The van der Waals surface area contributed by atoms with Crippen LogP contribution in [0, 0.1) is 0 Å². The van der Waals surface area contributed by atoms with Gasteiger partial charge in [-0.15, -0.1) is 0 Å². The zero-order chi connectivity index (χ0) is 43.0. The van der Waals surface area contributed by atoms with Gasteiger partial charge in [-0.05, 0) is 90.0 Å². The van der Waals surface area contributed by atoms with E-state index < -0.39 is 0 Å². The van der Waals surface area contributed by atoms with E-state index in [0.717, 1.165) is 138 Å². The van der Waals surface area contributed by atoms with Gasteiger partial charge in [-0.1, -0.05) is 71.7 Å². The van der Waals surface area contributed by atoms with E-state index in [4.69, 9.17) is 33.2 Å². The van der Waals surface area contributed by atoms with Crippen molar-refractivity contribution < 1.29 is 0 Å². The van der Waals surface area contributed by atoms with Crippen molar-refractivity contribution >= 4 is 67.7 Å². The van der Waals surface area contributed by atoms with Crippen LogP contribution in [0.25, 0.3) is 77.6 Å². The average Bonchev–Trinajstić information content (AvgIpc) is 3.98. The Morgan fingerprint density at radius 1 is 0.453 bits per heavy atom. The largest absolute Gasteiger partial charge is 0.370 e. The first kappa shape index (κ1) is 39.9. The van der Waals surface area contributed by atoms with E-state index in [1.807, 2.05) is 107 Å². The first-order chi connectivity index (χ1) is 31.6. The minimum absolute atomic E-state index is 0.758. The van der Waals surface area contributed by atoms with Crippen LogP contribution in [0.5, 0.6) is 0 Å². The molecule has 13 heteroatoms. The minimum Gasteiger partial charge on any atom is -0.370 e. The fraction of sp³-hybridized carbons (Fsp3) is 0.176. The molecule has 316 valence electrons. The Bertz CT molecular complexity index is 3080. The van der Waals surface area contributed by atoms with Crippen LogP contribution in [0.2, 0.25) is 10.0 Å². The number of hydrogen-bond donors (Lipinski definition) is 1. The van der Waals surface area contributed by atoms with Gasteiger partial charge in [0.25, 0.3) is 0 Å². The second-order valence-electron chi connectivity index (χ2n) is 16.2. The van der Waals surface area contributed by atoms with Crippen LogP contribution in [0.4, 0.5) is 11.4 Å². The Morgan fingerprint density at radius 2 is 0.953 bits per heavy atom. The van der Waals surface area contributed by atoms with Crippen LogP contribution in [-0.4, -0.2) is 78.4 Å². The second-order valence-corrected chi connectivity index (χ2v) is 17.0. The molecule has 10 aromatic rings. The lowest BCUT2D eigenvalue weighted by Gasteiger charge is -2.30. The quantitative estimate of drug-likeness (QED) is 0.175. The van der Waals surface area contributed by atoms with Crippen LogP contribution in [-0.2, 0) is 0 Å². The predicted molar refractivity (Wildman–Crippen MR) is 259 cm³/mol. The minimum atomic E-state index is 0.758. The van der Waals surface area contributed by atoms with E-state index in [-0.39, 0.29) is 0 Å². The van der Waals surface area contributed by atoms with Crippen molar-refractivity contribution in [3.8, 4) is 44.5 Å². The van der Waals surface area contributed by atoms with Crippen LogP contribution >= 0.6 is 23.2 Å². The zero-order valence-corrected chi connectivity index (χ0v) is 36.5. The van der Waals surface area contributed by atoms with Gasteiger partial charge in [0.2, 0.25) is 0 Å². The fourth-order valence-electron chi connectivity index (χ4n) is 9.03. The summed E-state index contributed by atoms with van der Waals surface area (Å²) in [5.74, 6) is 0. The molecule has 0 bridgehead atoms. The lowest BCUT2D eigenvalue weighted by atomic mass is 10.0. The van der Waals surface area contributed by atoms with E-state index in [0.29, 0.717) is 0 Å². The summed E-state index contributed by atoms with van der Waals surface area (Å²) in [5.41, 5.74) is 13.9. The molecule has 0 atom stereocenters. The first-order valence-corrected chi connectivity index (χ1v) is 22.5. The third-order valence-corrected chi connectivity index (χ3v) is 12.9. The van der Waals surface area contributed by atoms with Crippen LogP contribution in [0.1, 0.15) is 19.3 Å². The van der Waals surface area contributed by atoms with Gasteiger partial charge in [0, 0.05) is 109 Å². The molecule has 0 radical (unpaired) electrons. The van der Waals surface area contributed by atoms with Crippen molar-refractivity contribution in [1.82, 2.24) is 44.5 Å². The highest BCUT2D eigenvalue weighted by Crippen LogP contribution is 2.36. The number of piperidine rings is 1. The highest BCUT2D eigenvalue weighted by molar-refractivity contribution is 6.34. The number of hydrogen-bond acceptors (Lipinski definition) is 9. The molecule has 0 spiro atoms. The third-order valence-electron chi connectivity index (χ3n) is 12.3. The fourth-order valence-corrected chi connectivity index (χ4v) is 9.63. The van der Waals surface area contributed by atoms with E-state index >= 15 is 0 Å². The molecule has 2 fully saturated rings. The Hall–Kier alpha value is -6.92. The monoisotopic (exact) mass is 879 g/mol. The van der Waals surface area contributed by atoms with Crippen LogP contribution in [0.15, 0.2) is 147 Å². The van der Waals surface area contributed by atoms with Gasteiger partial charge < -0.3 is 15.1 Å². The number of benzene rings is 4. The van der Waals surface area contributed by atoms with Crippen molar-refractivity contribution in [3.05, 3.63) is 157 Å². The molecular weight excluding hydrogens is 838 g/mol. The Labute approximate surface area is 380 Å². The van der Waals surface area contributed by atoms with Gasteiger partial charge in [0.05, 0.1) is 44.8 Å². The maximum absolute atomic E-state index is 6.68. The third kappa shape index (κ3) is 7.65. The maximum Gasteiger partial charge on any atom is 0.162 e. The topological polar surface area (TPSA) is 105 Å². The molecule has 4 aromatic carbocycles. The molecule has 2 aliphatic heterocycles. The summed E-state index contributed by atoms with van der Waals surface area (Å²) in [5, 5.41) is 16.3. The molecule has 11 nitrogen and oxygen atoms in total. The molecule has 6 aromatic heterocycles. The molecule has 12 rings (SSSR count). The normalized spacial score (nSPS) is 14.3. The first-order valence-electron chi connectivity index (χ1n) is 21.7. The highest BCUT2D eigenvalue weighted by Gasteiger charge is 2.18. The molecule has 0 unspecified atom stereocenters. The molecule has 0 aliphatic carbocycles. The molecule has 0 saturated carbocycles. The van der Waals surface area contributed by atoms with Crippen LogP contribution in [0.3, 0.4) is 0 Å². The van der Waals surface area contributed by atoms with Gasteiger partial charge in [0.1, 0.15) is 0 Å². The molecule has 8 heterocycles. The number of anilines is 2. The summed E-state index contributed by atoms with van der Waals surface area (Å²) < 4.78 is 3.67. The number of halogens is 2. The number of nitrogens with one attached hydrogen (secondary N) is 1. The SMILES string of the molecule is Clc1cc(-c2cnc3c(-c4cccc5ncccc45)cnn3c2)ccc1N1CCCCC1.Clc1cc(-c2cnc3c(-c4cccc5ncccc45)cnn3c2)ccc1N1CCNCC1. The number of nitrogens with zero attached hydrogens (tertiary/aromatic N) is 10. The van der Waals surface area contributed by atoms with Gasteiger partial charge in [-0.2, -0.15) is 10.2 Å². The predicted octanol–water partition coefficient (Wildman–Crippen LogP) is 10.9. The summed E-state index contributed by atoms with van der Waals surface area (Å²) in [6, 6.07) is 32.9. The lowest BCUT2D eigenvalue weighted by molar-refractivity contribution is 0.578. The molecular formula is C51H43Cl2N11. The van der Waals surface area contributed by atoms with Crippen molar-refractivity contribution in [3.63, 3.8) is 0 Å². The average molecular weight is 881 g/mol. The summed E-state index contributed by atoms with van der Waals surface area (Å²) in [7, 11) is 0. The molecule has 1 N–H and O–H groups in total. The second kappa shape index (κ2) is 17.3. The van der Waals surface area contributed by atoms with Crippen molar-refractivity contribution in [2.45, 2.75) is 19.3 Å². The van der Waals surface area contributed by atoms with Crippen molar-refractivity contribution in [2.24, 2.45) is 0 Å². The van der Waals surface area contributed by atoms with Gasteiger partial charge in [0.15, 0.2) is 11.3 Å². The summed E-state index contributed by atoms with van der Waals surface area (Å²) in [6.07, 6.45) is 18.9. The number of piperazine rings is 1. The van der Waals surface area contributed by atoms with E-state index in [9.17, 15) is 0 Å². The van der Waals surface area contributed by atoms with Gasteiger partial charge >= 0.3 is 0 Å². The number of rotatable bonds is 6. The summed E-state index contributed by atoms with van der Waals surface area (Å²) in [6.45, 7) is 6.04. The lowest BCUT2D eigenvalue weighted by Crippen LogP contribution is -2.43. The zero-order valence-electron chi connectivity index (χ0n) is 34.9. The molecule has 0 amide bonds. The summed E-state index contributed by atoms with van der Waals surface area (Å²) >= 11 is 13.3. The number of aromatic nitrogens is 8. The number of pyridine rings is 2. The van der Waals surface area contributed by atoms with Crippen LogP contribution < -0.4 is 15.1 Å². The van der Waals surface area contributed by atoms with E-state index in [1.54, 1.807) is 0 Å². The van der Waals surface area contributed by atoms with E-state index in [2.05, 4.69) is 83.8 Å².